The number of hydrogen-bond donors (Lipinski definition) is 0. The fraction of sp³-hybridized carbons (Fsp3) is 0.0769. The van der Waals surface area contributed by atoms with E-state index in [9.17, 15) is 0 Å². The molecule has 0 aliphatic rings. The van der Waals surface area contributed by atoms with Crippen molar-refractivity contribution in [3.63, 3.8) is 0 Å². The maximum atomic E-state index is 6.39. The lowest BCUT2D eigenvalue weighted by Gasteiger charge is -2.13. The first-order chi connectivity index (χ1) is 8.47. The van der Waals surface area contributed by atoms with Crippen molar-refractivity contribution >= 4 is 58.0 Å². The van der Waals surface area contributed by atoms with E-state index >= 15 is 0 Å². The highest BCUT2D eigenvalue weighted by Gasteiger charge is 2.15. The minimum atomic E-state index is -0.425. The number of hydrogen-bond acceptors (Lipinski definition) is 0. The number of halogens is 5. The van der Waals surface area contributed by atoms with Crippen molar-refractivity contribution < 1.29 is 0 Å². The van der Waals surface area contributed by atoms with E-state index in [2.05, 4.69) is 0 Å². The van der Waals surface area contributed by atoms with Crippen molar-refractivity contribution in [3.05, 3.63) is 67.6 Å². The van der Waals surface area contributed by atoms with Crippen LogP contribution in [0.15, 0.2) is 36.4 Å². The molecule has 0 heterocycles. The fourth-order valence-corrected chi connectivity index (χ4v) is 3.04. The molecular formula is C13H7Cl5. The molecule has 2 aromatic rings. The molecule has 0 saturated heterocycles. The van der Waals surface area contributed by atoms with Crippen LogP contribution in [-0.4, -0.2) is 0 Å². The van der Waals surface area contributed by atoms with Crippen LogP contribution in [-0.2, 0) is 0 Å². The van der Waals surface area contributed by atoms with E-state index in [0.717, 1.165) is 11.1 Å². The normalized spacial score (nSPS) is 12.5. The van der Waals surface area contributed by atoms with Crippen molar-refractivity contribution in [2.45, 2.75) is 5.38 Å². The lowest BCUT2D eigenvalue weighted by molar-refractivity contribution is 1.14. The Balaban J connectivity index is 2.44. The summed E-state index contributed by atoms with van der Waals surface area (Å²) in [6.07, 6.45) is 0. The van der Waals surface area contributed by atoms with Crippen molar-refractivity contribution in [2.75, 3.05) is 0 Å². The van der Waals surface area contributed by atoms with Gasteiger partial charge in [-0.05, 0) is 41.5 Å². The standard InChI is InChI=1S/C13H7Cl5/c14-8-1-2-11(12(17)6-8)13(18)7-3-9(15)5-10(16)4-7/h1-6,13H. The Morgan fingerprint density at radius 1 is 0.722 bits per heavy atom. The molecule has 0 aromatic heterocycles. The third-order valence-corrected chi connectivity index (χ3v) is 3.90. The molecule has 0 nitrogen and oxygen atoms in total. The van der Waals surface area contributed by atoms with Gasteiger partial charge in [0.1, 0.15) is 0 Å². The van der Waals surface area contributed by atoms with Gasteiger partial charge in [-0.25, -0.2) is 0 Å². The topological polar surface area (TPSA) is 0 Å². The van der Waals surface area contributed by atoms with E-state index in [1.807, 2.05) is 0 Å². The molecule has 0 bridgehead atoms. The number of alkyl halides is 1. The molecule has 0 aliphatic carbocycles. The maximum Gasteiger partial charge on any atom is 0.0850 e. The summed E-state index contributed by atoms with van der Waals surface area (Å²) < 4.78 is 0. The zero-order chi connectivity index (χ0) is 13.3. The van der Waals surface area contributed by atoms with Gasteiger partial charge in [0, 0.05) is 20.1 Å². The lowest BCUT2D eigenvalue weighted by Crippen LogP contribution is -1.94. The molecule has 5 heteroatoms. The lowest BCUT2D eigenvalue weighted by atomic mass is 10.0. The smallest absolute Gasteiger partial charge is 0.0850 e. The summed E-state index contributed by atoms with van der Waals surface area (Å²) in [5.41, 5.74) is 1.56. The quantitative estimate of drug-likeness (QED) is 0.538. The van der Waals surface area contributed by atoms with Gasteiger partial charge >= 0.3 is 0 Å². The summed E-state index contributed by atoms with van der Waals surface area (Å²) in [7, 11) is 0. The van der Waals surface area contributed by atoms with Gasteiger partial charge in [0.25, 0.3) is 0 Å². The van der Waals surface area contributed by atoms with E-state index in [1.54, 1.807) is 36.4 Å². The molecule has 0 spiro atoms. The largest absolute Gasteiger partial charge is 0.113 e. The molecule has 1 unspecified atom stereocenters. The third kappa shape index (κ3) is 3.26. The van der Waals surface area contributed by atoms with E-state index in [-0.39, 0.29) is 0 Å². The SMILES string of the molecule is Clc1cc(Cl)cc(C(Cl)c2ccc(Cl)cc2Cl)c1. The summed E-state index contributed by atoms with van der Waals surface area (Å²) in [5, 5.41) is 1.72. The average molecular weight is 340 g/mol. The zero-order valence-electron chi connectivity index (χ0n) is 8.93. The fourth-order valence-electron chi connectivity index (χ4n) is 1.61. The predicted molar refractivity (Wildman–Crippen MR) is 80.6 cm³/mol. The molecule has 0 N–H and O–H groups in total. The van der Waals surface area contributed by atoms with E-state index in [0.29, 0.717) is 20.1 Å². The van der Waals surface area contributed by atoms with Gasteiger partial charge in [0.15, 0.2) is 0 Å². The summed E-state index contributed by atoms with van der Waals surface area (Å²) in [6.45, 7) is 0. The van der Waals surface area contributed by atoms with E-state index in [1.165, 1.54) is 0 Å². The summed E-state index contributed by atoms with van der Waals surface area (Å²) >= 11 is 30.3. The van der Waals surface area contributed by atoms with Crippen molar-refractivity contribution in [1.82, 2.24) is 0 Å². The van der Waals surface area contributed by atoms with Crippen LogP contribution in [0, 0.1) is 0 Å². The summed E-state index contributed by atoms with van der Waals surface area (Å²) in [6, 6.07) is 10.4. The Labute approximate surface area is 130 Å². The minimum absolute atomic E-state index is 0.425. The molecule has 0 fully saturated rings. The second kappa shape index (κ2) is 5.90. The number of benzene rings is 2. The summed E-state index contributed by atoms with van der Waals surface area (Å²) in [4.78, 5) is 0. The predicted octanol–water partition coefficient (Wildman–Crippen LogP) is 6.63. The first kappa shape index (κ1) is 14.3. The summed E-state index contributed by atoms with van der Waals surface area (Å²) in [5.74, 6) is 0. The Kier molecular flexibility index (Phi) is 4.69. The number of rotatable bonds is 2. The first-order valence-electron chi connectivity index (χ1n) is 5.02. The van der Waals surface area contributed by atoms with Gasteiger partial charge < -0.3 is 0 Å². The molecule has 0 aliphatic heterocycles. The monoisotopic (exact) mass is 338 g/mol. The van der Waals surface area contributed by atoms with Crippen LogP contribution in [0.1, 0.15) is 16.5 Å². The van der Waals surface area contributed by atoms with Gasteiger partial charge in [-0.1, -0.05) is 52.5 Å². The first-order valence-corrected chi connectivity index (χ1v) is 6.97. The molecule has 0 saturated carbocycles. The van der Waals surface area contributed by atoms with Crippen LogP contribution in [0.4, 0.5) is 0 Å². The average Bonchev–Trinajstić information content (AvgIpc) is 2.26. The second-order valence-corrected chi connectivity index (χ2v) is 5.88. The third-order valence-electron chi connectivity index (χ3n) is 2.41. The van der Waals surface area contributed by atoms with E-state index in [4.69, 9.17) is 58.0 Å². The van der Waals surface area contributed by atoms with Gasteiger partial charge in [-0.2, -0.15) is 0 Å². The molecule has 2 aromatic carbocycles. The van der Waals surface area contributed by atoms with Crippen molar-refractivity contribution in [1.29, 1.82) is 0 Å². The maximum absolute atomic E-state index is 6.39. The Morgan fingerprint density at radius 3 is 1.89 bits per heavy atom. The molecular weight excluding hydrogens is 333 g/mol. The molecule has 2 rings (SSSR count). The van der Waals surface area contributed by atoms with Crippen LogP contribution < -0.4 is 0 Å². The molecule has 1 atom stereocenters. The van der Waals surface area contributed by atoms with E-state index < -0.39 is 5.38 Å². The second-order valence-electron chi connectivity index (χ2n) is 3.73. The van der Waals surface area contributed by atoms with Gasteiger partial charge in [-0.15, -0.1) is 11.6 Å². The zero-order valence-corrected chi connectivity index (χ0v) is 12.7. The molecule has 94 valence electrons. The highest BCUT2D eigenvalue weighted by atomic mass is 35.5. The van der Waals surface area contributed by atoms with Crippen LogP contribution in [0.25, 0.3) is 0 Å². The van der Waals surface area contributed by atoms with Crippen LogP contribution >= 0.6 is 58.0 Å². The van der Waals surface area contributed by atoms with Crippen LogP contribution in [0.3, 0.4) is 0 Å². The van der Waals surface area contributed by atoms with Crippen molar-refractivity contribution in [3.8, 4) is 0 Å². The van der Waals surface area contributed by atoms with Gasteiger partial charge in [0.05, 0.1) is 5.38 Å². The highest BCUT2D eigenvalue weighted by Crippen LogP contribution is 2.36. The van der Waals surface area contributed by atoms with Crippen LogP contribution in [0.5, 0.6) is 0 Å². The highest BCUT2D eigenvalue weighted by molar-refractivity contribution is 6.36. The van der Waals surface area contributed by atoms with Crippen molar-refractivity contribution in [2.24, 2.45) is 0 Å². The van der Waals surface area contributed by atoms with Gasteiger partial charge in [-0.3, -0.25) is 0 Å². The molecule has 18 heavy (non-hydrogen) atoms. The molecule has 0 amide bonds. The Hall–Kier alpha value is -0.110. The Bertz CT molecular complexity index is 559. The van der Waals surface area contributed by atoms with Crippen LogP contribution in [0.2, 0.25) is 20.1 Å². The molecule has 0 radical (unpaired) electrons. The van der Waals surface area contributed by atoms with Gasteiger partial charge in [0.2, 0.25) is 0 Å². The minimum Gasteiger partial charge on any atom is -0.113 e. The Morgan fingerprint density at radius 2 is 1.33 bits per heavy atom.